The summed E-state index contributed by atoms with van der Waals surface area (Å²) in [6, 6.07) is 6.65. The third kappa shape index (κ3) is 1.80. The number of nitrogens with one attached hydrogen (secondary N) is 1. The first-order valence-electron chi connectivity index (χ1n) is 6.37. The Labute approximate surface area is 106 Å². The average Bonchev–Trinajstić information content (AvgIpc) is 3.05. The Balaban J connectivity index is 2.02. The lowest BCUT2D eigenvalue weighted by Crippen LogP contribution is -2.17. The highest BCUT2D eigenvalue weighted by molar-refractivity contribution is 5.42. The summed E-state index contributed by atoms with van der Waals surface area (Å²) in [7, 11) is 1.91. The second kappa shape index (κ2) is 4.49. The molecule has 3 rings (SSSR count). The number of benzene rings is 1. The van der Waals surface area contributed by atoms with Crippen molar-refractivity contribution in [1.82, 2.24) is 25.5 Å². The molecule has 1 aromatic carbocycles. The van der Waals surface area contributed by atoms with Crippen LogP contribution in [-0.4, -0.2) is 27.3 Å². The number of hydrogen-bond donors (Lipinski definition) is 1. The summed E-state index contributed by atoms with van der Waals surface area (Å²) in [6.45, 7) is 2.05. The maximum atomic E-state index is 4.10. The molecule has 1 aromatic heterocycles. The Morgan fingerprint density at radius 1 is 1.28 bits per heavy atom. The lowest BCUT2D eigenvalue weighted by atomic mass is 10.1. The number of aromatic nitrogens is 4. The van der Waals surface area contributed by atoms with Gasteiger partial charge in [-0.15, -0.1) is 5.10 Å². The van der Waals surface area contributed by atoms with E-state index >= 15 is 0 Å². The van der Waals surface area contributed by atoms with E-state index < -0.39 is 0 Å². The molecule has 1 heterocycles. The van der Waals surface area contributed by atoms with Crippen LogP contribution in [0.5, 0.6) is 0 Å². The summed E-state index contributed by atoms with van der Waals surface area (Å²) < 4.78 is 1.82. The normalized spacial score (nSPS) is 15.7. The summed E-state index contributed by atoms with van der Waals surface area (Å²) in [4.78, 5) is 0. The van der Waals surface area contributed by atoms with Crippen LogP contribution in [0.3, 0.4) is 0 Å². The first kappa shape index (κ1) is 11.3. The maximum Gasteiger partial charge on any atom is 0.173 e. The molecule has 0 aliphatic heterocycles. The molecule has 1 aliphatic rings. The molecule has 2 aromatic rings. The van der Waals surface area contributed by atoms with Gasteiger partial charge in [-0.2, -0.15) is 4.68 Å². The molecule has 0 amide bonds. The van der Waals surface area contributed by atoms with Gasteiger partial charge in [0.1, 0.15) is 0 Å². The Hall–Kier alpha value is -1.75. The predicted octanol–water partition coefficient (Wildman–Crippen LogP) is 1.43. The van der Waals surface area contributed by atoms with Crippen molar-refractivity contribution < 1.29 is 0 Å². The molecule has 1 aliphatic carbocycles. The zero-order chi connectivity index (χ0) is 12.5. The van der Waals surface area contributed by atoms with Crippen molar-refractivity contribution in [2.75, 3.05) is 7.05 Å². The molecule has 0 saturated heterocycles. The standard InChI is InChI=1S/C13H17N5/c1-9(14-2)13-15-16-17-18(13)12-7-6-10-4-3-5-11(10)8-12/h6-9,14H,3-5H2,1-2H3. The Kier molecular flexibility index (Phi) is 2.83. The minimum atomic E-state index is 0.133. The van der Waals surface area contributed by atoms with E-state index in [1.807, 2.05) is 11.7 Å². The largest absolute Gasteiger partial charge is 0.311 e. The summed E-state index contributed by atoms with van der Waals surface area (Å²) in [5, 5.41) is 15.1. The smallest absolute Gasteiger partial charge is 0.173 e. The van der Waals surface area contributed by atoms with Gasteiger partial charge in [-0.3, -0.25) is 0 Å². The number of fused-ring (bicyclic) bond motifs is 1. The van der Waals surface area contributed by atoms with Crippen LogP contribution in [0.25, 0.3) is 5.69 Å². The van der Waals surface area contributed by atoms with Crippen molar-refractivity contribution in [3.63, 3.8) is 0 Å². The van der Waals surface area contributed by atoms with Gasteiger partial charge < -0.3 is 5.32 Å². The quantitative estimate of drug-likeness (QED) is 0.886. The molecular weight excluding hydrogens is 226 g/mol. The Morgan fingerprint density at radius 2 is 2.11 bits per heavy atom. The van der Waals surface area contributed by atoms with Crippen molar-refractivity contribution in [2.24, 2.45) is 0 Å². The lowest BCUT2D eigenvalue weighted by Gasteiger charge is -2.11. The predicted molar refractivity (Wildman–Crippen MR) is 68.7 cm³/mol. The third-order valence-corrected chi connectivity index (χ3v) is 3.64. The second-order valence-corrected chi connectivity index (χ2v) is 4.77. The van der Waals surface area contributed by atoms with Gasteiger partial charge in [-0.1, -0.05) is 6.07 Å². The van der Waals surface area contributed by atoms with Gasteiger partial charge in [-0.05, 0) is 66.9 Å². The van der Waals surface area contributed by atoms with Crippen LogP contribution in [0.2, 0.25) is 0 Å². The monoisotopic (exact) mass is 243 g/mol. The van der Waals surface area contributed by atoms with Crippen molar-refractivity contribution >= 4 is 0 Å². The Morgan fingerprint density at radius 3 is 2.94 bits per heavy atom. The highest BCUT2D eigenvalue weighted by Crippen LogP contribution is 2.24. The van der Waals surface area contributed by atoms with Gasteiger partial charge >= 0.3 is 0 Å². The fraction of sp³-hybridized carbons (Fsp3) is 0.462. The molecule has 1 unspecified atom stereocenters. The number of nitrogens with zero attached hydrogens (tertiary/aromatic N) is 4. The van der Waals surface area contributed by atoms with Gasteiger partial charge in [0.05, 0.1) is 11.7 Å². The molecule has 5 nitrogen and oxygen atoms in total. The maximum absolute atomic E-state index is 4.10. The van der Waals surface area contributed by atoms with Gasteiger partial charge in [-0.25, -0.2) is 0 Å². The van der Waals surface area contributed by atoms with Crippen LogP contribution in [0.15, 0.2) is 18.2 Å². The highest BCUT2D eigenvalue weighted by atomic mass is 15.5. The molecule has 5 heteroatoms. The molecule has 1 N–H and O–H groups in total. The van der Waals surface area contributed by atoms with Crippen molar-refractivity contribution in [3.8, 4) is 5.69 Å². The molecule has 0 radical (unpaired) electrons. The summed E-state index contributed by atoms with van der Waals surface area (Å²) in [6.07, 6.45) is 3.63. The summed E-state index contributed by atoms with van der Waals surface area (Å²) in [5.74, 6) is 0.843. The zero-order valence-electron chi connectivity index (χ0n) is 10.7. The first-order chi connectivity index (χ1) is 8.79. The van der Waals surface area contributed by atoms with Crippen molar-refractivity contribution in [3.05, 3.63) is 35.2 Å². The fourth-order valence-corrected chi connectivity index (χ4v) is 2.47. The van der Waals surface area contributed by atoms with Gasteiger partial charge in [0.25, 0.3) is 0 Å². The van der Waals surface area contributed by atoms with E-state index in [0.717, 1.165) is 11.5 Å². The lowest BCUT2D eigenvalue weighted by molar-refractivity contribution is 0.588. The van der Waals surface area contributed by atoms with Gasteiger partial charge in [0, 0.05) is 0 Å². The number of aryl methyl sites for hydroxylation is 2. The molecule has 0 bridgehead atoms. The summed E-state index contributed by atoms with van der Waals surface area (Å²) >= 11 is 0. The molecular formula is C13H17N5. The summed E-state index contributed by atoms with van der Waals surface area (Å²) in [5.41, 5.74) is 3.96. The van der Waals surface area contributed by atoms with Crippen molar-refractivity contribution in [2.45, 2.75) is 32.2 Å². The van der Waals surface area contributed by atoms with E-state index in [1.165, 1.54) is 30.4 Å². The van der Waals surface area contributed by atoms with E-state index in [1.54, 1.807) is 0 Å². The Bertz CT molecular complexity index is 560. The van der Waals surface area contributed by atoms with Crippen LogP contribution < -0.4 is 5.32 Å². The van der Waals surface area contributed by atoms with E-state index in [-0.39, 0.29) is 6.04 Å². The van der Waals surface area contributed by atoms with Gasteiger partial charge in [0.15, 0.2) is 5.82 Å². The van der Waals surface area contributed by atoms with Crippen LogP contribution >= 0.6 is 0 Å². The number of hydrogen-bond acceptors (Lipinski definition) is 4. The molecule has 0 fully saturated rings. The van der Waals surface area contributed by atoms with E-state index in [9.17, 15) is 0 Å². The second-order valence-electron chi connectivity index (χ2n) is 4.77. The van der Waals surface area contributed by atoms with Crippen LogP contribution in [0.4, 0.5) is 0 Å². The average molecular weight is 243 g/mol. The molecule has 94 valence electrons. The third-order valence-electron chi connectivity index (χ3n) is 3.64. The fourth-order valence-electron chi connectivity index (χ4n) is 2.47. The molecule has 0 saturated carbocycles. The molecule has 18 heavy (non-hydrogen) atoms. The minimum Gasteiger partial charge on any atom is -0.311 e. The van der Waals surface area contributed by atoms with E-state index in [2.05, 4.69) is 46.0 Å². The first-order valence-corrected chi connectivity index (χ1v) is 6.37. The van der Waals surface area contributed by atoms with E-state index in [0.29, 0.717) is 0 Å². The van der Waals surface area contributed by atoms with E-state index in [4.69, 9.17) is 0 Å². The van der Waals surface area contributed by atoms with Crippen LogP contribution in [0, 0.1) is 0 Å². The highest BCUT2D eigenvalue weighted by Gasteiger charge is 2.16. The van der Waals surface area contributed by atoms with Crippen LogP contribution in [-0.2, 0) is 12.8 Å². The minimum absolute atomic E-state index is 0.133. The van der Waals surface area contributed by atoms with Gasteiger partial charge in [0.2, 0.25) is 0 Å². The zero-order valence-corrected chi connectivity index (χ0v) is 10.7. The molecule has 1 atom stereocenters. The molecule has 0 spiro atoms. The number of tetrazole rings is 1. The topological polar surface area (TPSA) is 55.6 Å². The van der Waals surface area contributed by atoms with Crippen LogP contribution in [0.1, 0.15) is 36.3 Å². The SMILES string of the molecule is CNC(C)c1nnnn1-c1ccc2c(c1)CCC2. The van der Waals surface area contributed by atoms with Crippen molar-refractivity contribution in [1.29, 1.82) is 0 Å². The number of rotatable bonds is 3.